The highest BCUT2D eigenvalue weighted by molar-refractivity contribution is 8.02. The Hall–Kier alpha value is -0.410. The lowest BCUT2D eigenvalue weighted by molar-refractivity contribution is -0.00743. The fraction of sp³-hybridized carbons (Fsp3) is 0.854. The van der Waals surface area contributed by atoms with E-state index in [1.807, 2.05) is 11.3 Å². The second kappa shape index (κ2) is 24.7. The summed E-state index contributed by atoms with van der Waals surface area (Å²) in [4.78, 5) is 1.49. The Morgan fingerprint density at radius 2 is 0.932 bits per heavy atom. The smallest absolute Gasteiger partial charge is 0.135 e. The van der Waals surface area contributed by atoms with Crippen LogP contribution >= 0.6 is 23.1 Å². The van der Waals surface area contributed by atoms with Gasteiger partial charge in [0.1, 0.15) is 11.4 Å². The van der Waals surface area contributed by atoms with Crippen molar-refractivity contribution in [3.05, 3.63) is 27.8 Å². The molecule has 3 heterocycles. The maximum Gasteiger partial charge on any atom is 0.135 e. The average molecular weight is 645 g/mol. The van der Waals surface area contributed by atoms with Crippen LogP contribution in [0.2, 0.25) is 0 Å². The van der Waals surface area contributed by atoms with E-state index >= 15 is 0 Å². The lowest BCUT2D eigenvalue weighted by Gasteiger charge is -2.45. The summed E-state index contributed by atoms with van der Waals surface area (Å²) < 4.78 is 7.05. The summed E-state index contributed by atoms with van der Waals surface area (Å²) in [5.74, 6) is 1.77. The highest BCUT2D eigenvalue weighted by atomic mass is 32.2. The molecule has 0 saturated carbocycles. The summed E-state index contributed by atoms with van der Waals surface area (Å²) in [5.41, 5.74) is 0.0208. The molecule has 2 aliphatic heterocycles. The first kappa shape index (κ1) is 38.0. The monoisotopic (exact) mass is 645 g/mol. The van der Waals surface area contributed by atoms with Crippen molar-refractivity contribution in [3.8, 4) is 5.75 Å². The predicted molar refractivity (Wildman–Crippen MR) is 200 cm³/mol. The fourth-order valence-corrected chi connectivity index (χ4v) is 10.1. The molecule has 2 unspecified atom stereocenters. The van der Waals surface area contributed by atoms with Crippen molar-refractivity contribution in [2.24, 2.45) is 5.92 Å². The summed E-state index contributed by atoms with van der Waals surface area (Å²) in [5, 5.41) is 5.24. The van der Waals surface area contributed by atoms with Gasteiger partial charge >= 0.3 is 0 Å². The van der Waals surface area contributed by atoms with Gasteiger partial charge in [-0.25, -0.2) is 0 Å². The average Bonchev–Trinajstić information content (AvgIpc) is 3.72. The first-order valence-electron chi connectivity index (χ1n) is 19.9. The molecule has 0 saturated heterocycles. The zero-order valence-corrected chi connectivity index (χ0v) is 31.0. The topological polar surface area (TPSA) is 9.23 Å². The number of hydrogen-bond acceptors (Lipinski definition) is 3. The van der Waals surface area contributed by atoms with Crippen molar-refractivity contribution in [1.82, 2.24) is 0 Å². The summed E-state index contributed by atoms with van der Waals surface area (Å²) >= 11 is 3.97. The first-order valence-corrected chi connectivity index (χ1v) is 21.7. The summed E-state index contributed by atoms with van der Waals surface area (Å²) in [6.45, 7) is 4.62. The quantitative estimate of drug-likeness (QED) is 0.0771. The van der Waals surface area contributed by atoms with Crippen LogP contribution in [0.25, 0.3) is 0 Å². The molecule has 2 atom stereocenters. The molecule has 0 radical (unpaired) electrons. The van der Waals surface area contributed by atoms with E-state index in [9.17, 15) is 0 Å². The van der Waals surface area contributed by atoms with E-state index in [-0.39, 0.29) is 5.60 Å². The molecular weight excluding hydrogens is 573 g/mol. The maximum absolute atomic E-state index is 7.05. The highest BCUT2D eigenvalue weighted by Crippen LogP contribution is 2.59. The number of fused-ring (bicyclic) bond motifs is 3. The molecule has 0 aromatic carbocycles. The number of thioether (sulfide) groups is 1. The van der Waals surface area contributed by atoms with E-state index in [0.29, 0.717) is 11.2 Å². The Morgan fingerprint density at radius 1 is 0.545 bits per heavy atom. The third-order valence-electron chi connectivity index (χ3n) is 10.6. The molecule has 0 fully saturated rings. The van der Waals surface area contributed by atoms with E-state index in [2.05, 4.69) is 48.5 Å². The van der Waals surface area contributed by atoms with Gasteiger partial charge < -0.3 is 4.74 Å². The number of thiophene rings is 1. The maximum atomic E-state index is 7.05. The molecule has 0 N–H and O–H groups in total. The van der Waals surface area contributed by atoms with Gasteiger partial charge in [-0.1, -0.05) is 187 Å². The van der Waals surface area contributed by atoms with Gasteiger partial charge in [0.25, 0.3) is 0 Å². The van der Waals surface area contributed by atoms with Crippen LogP contribution in [-0.2, 0) is 0 Å². The molecule has 0 amide bonds. The van der Waals surface area contributed by atoms with Gasteiger partial charge in [0.15, 0.2) is 0 Å². The Morgan fingerprint density at radius 3 is 1.34 bits per heavy atom. The van der Waals surface area contributed by atoms with E-state index in [4.69, 9.17) is 4.74 Å². The third kappa shape index (κ3) is 14.6. The molecule has 0 bridgehead atoms. The Balaban J connectivity index is 1.28. The molecule has 1 aromatic heterocycles. The largest absolute Gasteiger partial charge is 0.485 e. The second-order valence-corrected chi connectivity index (χ2v) is 16.4. The van der Waals surface area contributed by atoms with Gasteiger partial charge in [-0.15, -0.1) is 23.1 Å². The normalized spacial score (nSPS) is 18.4. The van der Waals surface area contributed by atoms with Gasteiger partial charge in [-0.05, 0) is 42.5 Å². The molecule has 0 spiro atoms. The van der Waals surface area contributed by atoms with E-state index < -0.39 is 0 Å². The molecule has 1 aromatic rings. The highest BCUT2D eigenvalue weighted by Gasteiger charge is 2.50. The van der Waals surface area contributed by atoms with Crippen molar-refractivity contribution in [2.45, 2.75) is 217 Å². The minimum Gasteiger partial charge on any atom is -0.485 e. The van der Waals surface area contributed by atoms with Gasteiger partial charge in [-0.3, -0.25) is 0 Å². The molecule has 2 aliphatic rings. The van der Waals surface area contributed by atoms with Crippen molar-refractivity contribution in [2.75, 3.05) is 0 Å². The third-order valence-corrected chi connectivity index (χ3v) is 12.8. The fourth-order valence-electron chi connectivity index (χ4n) is 7.76. The summed E-state index contributed by atoms with van der Waals surface area (Å²) in [6.07, 6.45) is 45.0. The van der Waals surface area contributed by atoms with E-state index in [1.54, 1.807) is 0 Å². The number of ether oxygens (including phenoxy) is 1. The van der Waals surface area contributed by atoms with E-state index in [0.717, 1.165) is 0 Å². The molecule has 1 nitrogen and oxygen atoms in total. The standard InChI is InChI=1S/C41H72OS2/c1-3-5-7-9-11-13-15-17-19-21-23-25-27-29-33-41(37-31-35-43-39(37)40-38(42-41)32-36-44-40)34-30-28-26-24-22-20-18-16-14-12-10-8-6-4-2/h31-32,35-37,39H,3-30,33-34H2,1-2H3. The van der Waals surface area contributed by atoms with Crippen molar-refractivity contribution in [3.63, 3.8) is 0 Å². The van der Waals surface area contributed by atoms with Crippen molar-refractivity contribution >= 4 is 23.1 Å². The molecule has 3 rings (SSSR count). The summed E-state index contributed by atoms with van der Waals surface area (Å²) in [6, 6.07) is 2.26. The van der Waals surface area contributed by atoms with Crippen LogP contribution < -0.4 is 4.74 Å². The second-order valence-electron chi connectivity index (χ2n) is 14.4. The van der Waals surface area contributed by atoms with Gasteiger partial charge in [-0.2, -0.15) is 0 Å². The van der Waals surface area contributed by atoms with Crippen LogP contribution in [0.5, 0.6) is 5.75 Å². The predicted octanol–water partition coefficient (Wildman–Crippen LogP) is 15.5. The van der Waals surface area contributed by atoms with Gasteiger partial charge in [0.05, 0.1) is 10.1 Å². The summed E-state index contributed by atoms with van der Waals surface area (Å²) in [7, 11) is 0. The zero-order chi connectivity index (χ0) is 31.0. The molecule has 3 heteroatoms. The first-order chi connectivity index (χ1) is 21.8. The Bertz CT molecular complexity index is 796. The number of unbranched alkanes of at least 4 members (excludes halogenated alkanes) is 26. The minimum atomic E-state index is 0.0208. The van der Waals surface area contributed by atoms with Gasteiger partial charge in [0.2, 0.25) is 0 Å². The minimum absolute atomic E-state index is 0.0208. The lowest BCUT2D eigenvalue weighted by atomic mass is 9.75. The van der Waals surface area contributed by atoms with Crippen molar-refractivity contribution in [1.29, 1.82) is 0 Å². The molecule has 254 valence electrons. The van der Waals surface area contributed by atoms with Crippen molar-refractivity contribution < 1.29 is 4.74 Å². The lowest BCUT2D eigenvalue weighted by Crippen LogP contribution is -2.47. The number of hydrogen-bond donors (Lipinski definition) is 0. The van der Waals surface area contributed by atoms with Crippen LogP contribution in [0.3, 0.4) is 0 Å². The SMILES string of the molecule is CCCCCCCCCCCCCCCCC1(CCCCCCCCCCCCCCCC)Oc2ccsc2C2SC=CC21. The van der Waals surface area contributed by atoms with Crippen LogP contribution in [0.1, 0.15) is 217 Å². The van der Waals surface area contributed by atoms with Crippen LogP contribution in [0.4, 0.5) is 0 Å². The van der Waals surface area contributed by atoms with Crippen LogP contribution in [-0.4, -0.2) is 5.60 Å². The Labute approximate surface area is 283 Å². The van der Waals surface area contributed by atoms with E-state index in [1.165, 1.54) is 203 Å². The van der Waals surface area contributed by atoms with Crippen LogP contribution in [0, 0.1) is 5.92 Å². The van der Waals surface area contributed by atoms with Crippen LogP contribution in [0.15, 0.2) is 22.9 Å². The Kier molecular flexibility index (Phi) is 21.4. The van der Waals surface area contributed by atoms with Gasteiger partial charge in [0, 0.05) is 5.92 Å². The molecule has 0 aliphatic carbocycles. The zero-order valence-electron chi connectivity index (χ0n) is 29.4. The number of rotatable bonds is 30. The molecular formula is C41H72OS2. The molecule has 44 heavy (non-hydrogen) atoms.